The molecule has 22 heavy (non-hydrogen) atoms. The fourth-order valence-corrected chi connectivity index (χ4v) is 3.54. The van der Waals surface area contributed by atoms with Gasteiger partial charge in [0.15, 0.2) is 0 Å². The average Bonchev–Trinajstić information content (AvgIpc) is 2.75. The Bertz CT molecular complexity index is 826. The molecule has 6 nitrogen and oxygen atoms in total. The minimum absolute atomic E-state index is 0.0155. The van der Waals surface area contributed by atoms with E-state index in [-0.39, 0.29) is 27.7 Å². The van der Waals surface area contributed by atoms with Crippen LogP contribution >= 0.6 is 0 Å². The van der Waals surface area contributed by atoms with Crippen LogP contribution in [-0.4, -0.2) is 21.5 Å². The molecule has 1 aromatic carbocycles. The summed E-state index contributed by atoms with van der Waals surface area (Å²) in [6.07, 6.45) is 0. The average molecular weight is 327 g/mol. The topological polar surface area (TPSA) is 85.6 Å². The first-order chi connectivity index (χ1) is 10.3. The van der Waals surface area contributed by atoms with E-state index in [1.54, 1.807) is 0 Å². The van der Waals surface area contributed by atoms with E-state index >= 15 is 0 Å². The maximum atomic E-state index is 13.6. The number of para-hydroxylation sites is 1. The highest BCUT2D eigenvalue weighted by atomic mass is 32.2. The van der Waals surface area contributed by atoms with Crippen LogP contribution in [0.5, 0.6) is 0 Å². The van der Waals surface area contributed by atoms with Gasteiger partial charge >= 0.3 is 5.97 Å². The molecular weight excluding hydrogens is 313 g/mol. The van der Waals surface area contributed by atoms with Gasteiger partial charge in [0.25, 0.3) is 10.0 Å². The van der Waals surface area contributed by atoms with Crippen LogP contribution < -0.4 is 4.72 Å². The minimum Gasteiger partial charge on any atom is -0.465 e. The number of halogens is 1. The van der Waals surface area contributed by atoms with E-state index in [4.69, 9.17) is 4.42 Å². The number of furan rings is 1. The van der Waals surface area contributed by atoms with E-state index in [9.17, 15) is 17.6 Å². The molecule has 0 saturated heterocycles. The van der Waals surface area contributed by atoms with Gasteiger partial charge in [0.2, 0.25) is 0 Å². The van der Waals surface area contributed by atoms with Crippen molar-refractivity contribution in [1.29, 1.82) is 0 Å². The predicted molar refractivity (Wildman–Crippen MR) is 76.7 cm³/mol. The number of carbonyl (C=O) groups excluding carboxylic acids is 1. The first-order valence-corrected chi connectivity index (χ1v) is 7.72. The molecule has 0 unspecified atom stereocenters. The maximum Gasteiger partial charge on any atom is 0.342 e. The van der Waals surface area contributed by atoms with Crippen LogP contribution in [0, 0.1) is 19.7 Å². The van der Waals surface area contributed by atoms with Crippen molar-refractivity contribution in [1.82, 2.24) is 0 Å². The van der Waals surface area contributed by atoms with Gasteiger partial charge in [-0.2, -0.15) is 0 Å². The third-order valence-corrected chi connectivity index (χ3v) is 4.50. The van der Waals surface area contributed by atoms with Gasteiger partial charge in [-0.15, -0.1) is 0 Å². The Morgan fingerprint density at radius 2 is 1.86 bits per heavy atom. The summed E-state index contributed by atoms with van der Waals surface area (Å²) in [4.78, 5) is 11.4. The van der Waals surface area contributed by atoms with Crippen molar-refractivity contribution >= 4 is 21.7 Å². The number of esters is 1. The number of carbonyl (C=O) groups is 1. The number of rotatable bonds is 4. The summed E-state index contributed by atoms with van der Waals surface area (Å²) >= 11 is 0. The number of nitrogens with one attached hydrogen (secondary N) is 1. The highest BCUT2D eigenvalue weighted by Gasteiger charge is 2.32. The lowest BCUT2D eigenvalue weighted by molar-refractivity contribution is 0.0595. The lowest BCUT2D eigenvalue weighted by Gasteiger charge is -2.09. The second-order valence-corrected chi connectivity index (χ2v) is 6.11. The minimum atomic E-state index is -4.22. The molecule has 1 heterocycles. The van der Waals surface area contributed by atoms with E-state index in [1.807, 2.05) is 0 Å². The number of sulfonamides is 1. The molecule has 0 fully saturated rings. The Kier molecular flexibility index (Phi) is 4.23. The Morgan fingerprint density at radius 3 is 2.45 bits per heavy atom. The van der Waals surface area contributed by atoms with Crippen molar-refractivity contribution in [3.05, 3.63) is 47.2 Å². The number of benzene rings is 1. The second-order valence-electron chi connectivity index (χ2n) is 4.50. The molecule has 1 aromatic heterocycles. The SMILES string of the molecule is COC(=O)c1c(C)oc(C)c1S(=O)(=O)Nc1ccccc1F. The van der Waals surface area contributed by atoms with Gasteiger partial charge < -0.3 is 9.15 Å². The summed E-state index contributed by atoms with van der Waals surface area (Å²) in [6, 6.07) is 5.30. The third-order valence-electron chi connectivity index (χ3n) is 2.98. The van der Waals surface area contributed by atoms with Gasteiger partial charge in [-0.1, -0.05) is 12.1 Å². The molecule has 0 saturated carbocycles. The Balaban J connectivity index is 2.55. The number of hydrogen-bond acceptors (Lipinski definition) is 5. The molecule has 0 aliphatic carbocycles. The van der Waals surface area contributed by atoms with Crippen molar-refractivity contribution in [3.8, 4) is 0 Å². The number of aryl methyl sites for hydroxylation is 2. The molecule has 118 valence electrons. The fourth-order valence-electron chi connectivity index (χ4n) is 2.06. The van der Waals surface area contributed by atoms with Gasteiger partial charge in [0, 0.05) is 0 Å². The maximum absolute atomic E-state index is 13.6. The zero-order valence-electron chi connectivity index (χ0n) is 12.1. The summed E-state index contributed by atoms with van der Waals surface area (Å²) in [7, 11) is -3.09. The smallest absolute Gasteiger partial charge is 0.342 e. The van der Waals surface area contributed by atoms with E-state index < -0.39 is 21.8 Å². The highest BCUT2D eigenvalue weighted by Crippen LogP contribution is 2.29. The first kappa shape index (κ1) is 16.0. The summed E-state index contributed by atoms with van der Waals surface area (Å²) in [6.45, 7) is 2.84. The number of anilines is 1. The molecule has 0 amide bonds. The molecule has 0 aliphatic rings. The Morgan fingerprint density at radius 1 is 1.23 bits per heavy atom. The zero-order valence-corrected chi connectivity index (χ0v) is 13.0. The van der Waals surface area contributed by atoms with Crippen molar-refractivity contribution in [2.75, 3.05) is 11.8 Å². The van der Waals surface area contributed by atoms with Crippen LogP contribution in [0.15, 0.2) is 33.6 Å². The van der Waals surface area contributed by atoms with Gasteiger partial charge in [-0.05, 0) is 26.0 Å². The Hall–Kier alpha value is -2.35. The van der Waals surface area contributed by atoms with E-state index in [1.165, 1.54) is 32.0 Å². The standard InChI is InChI=1S/C14H14FNO5S/c1-8-12(14(17)20-3)13(9(2)21-8)22(18,19)16-11-7-5-4-6-10(11)15/h4-7,16H,1-3H3. The summed E-state index contributed by atoms with van der Waals surface area (Å²) in [5.74, 6) is -1.45. The highest BCUT2D eigenvalue weighted by molar-refractivity contribution is 7.92. The van der Waals surface area contributed by atoms with E-state index in [0.29, 0.717) is 0 Å². The molecule has 8 heteroatoms. The van der Waals surface area contributed by atoms with Crippen molar-refractivity contribution in [2.45, 2.75) is 18.7 Å². The molecule has 0 aliphatic heterocycles. The molecular formula is C14H14FNO5S. The van der Waals surface area contributed by atoms with Crippen LogP contribution in [0.2, 0.25) is 0 Å². The molecule has 0 spiro atoms. The quantitative estimate of drug-likeness (QED) is 0.873. The molecule has 0 atom stereocenters. The number of ether oxygens (including phenoxy) is 1. The molecule has 2 aromatic rings. The molecule has 0 bridgehead atoms. The van der Waals surface area contributed by atoms with Crippen molar-refractivity contribution in [2.24, 2.45) is 0 Å². The van der Waals surface area contributed by atoms with Crippen LogP contribution in [0.25, 0.3) is 0 Å². The normalized spacial score (nSPS) is 11.3. The van der Waals surface area contributed by atoms with Gasteiger partial charge in [0.1, 0.15) is 27.8 Å². The van der Waals surface area contributed by atoms with Gasteiger partial charge in [0.05, 0.1) is 12.8 Å². The van der Waals surface area contributed by atoms with Crippen molar-refractivity contribution in [3.63, 3.8) is 0 Å². The third kappa shape index (κ3) is 2.82. The molecule has 2 rings (SSSR count). The summed E-state index contributed by atoms with van der Waals surface area (Å²) in [5, 5.41) is 0. The van der Waals surface area contributed by atoms with Gasteiger partial charge in [-0.3, -0.25) is 4.72 Å². The Labute approximate surface area is 126 Å². The van der Waals surface area contributed by atoms with Gasteiger partial charge in [-0.25, -0.2) is 17.6 Å². The lowest BCUT2D eigenvalue weighted by atomic mass is 10.2. The fraction of sp³-hybridized carbons (Fsp3) is 0.214. The number of methoxy groups -OCH3 is 1. The molecule has 1 N–H and O–H groups in total. The monoisotopic (exact) mass is 327 g/mol. The van der Waals surface area contributed by atoms with Crippen LogP contribution in [0.3, 0.4) is 0 Å². The van der Waals surface area contributed by atoms with Crippen molar-refractivity contribution < 1.29 is 26.8 Å². The molecule has 0 radical (unpaired) electrons. The van der Waals surface area contributed by atoms with Crippen LogP contribution in [0.4, 0.5) is 10.1 Å². The second kappa shape index (κ2) is 5.80. The lowest BCUT2D eigenvalue weighted by Crippen LogP contribution is -2.18. The summed E-state index contributed by atoms with van der Waals surface area (Å²) in [5.41, 5.74) is -0.430. The predicted octanol–water partition coefficient (Wildman–Crippen LogP) is 2.62. The first-order valence-electron chi connectivity index (χ1n) is 6.23. The zero-order chi connectivity index (χ0) is 16.5. The van der Waals surface area contributed by atoms with E-state index in [0.717, 1.165) is 13.2 Å². The largest absolute Gasteiger partial charge is 0.465 e. The van der Waals surface area contributed by atoms with Crippen LogP contribution in [0.1, 0.15) is 21.9 Å². The summed E-state index contributed by atoms with van der Waals surface area (Å²) < 4.78 is 50.5. The number of hydrogen-bond donors (Lipinski definition) is 1. The van der Waals surface area contributed by atoms with Crippen LogP contribution in [-0.2, 0) is 14.8 Å². The van der Waals surface area contributed by atoms with E-state index in [2.05, 4.69) is 9.46 Å².